The van der Waals surface area contributed by atoms with Crippen molar-refractivity contribution in [2.75, 3.05) is 0 Å². The Hall–Kier alpha value is 0.589. The molecule has 0 aliphatic carbocycles. The van der Waals surface area contributed by atoms with Crippen LogP contribution in [-0.2, 0) is 26.3 Å². The molecule has 7 heavy (non-hydrogen) atoms. The Balaban J connectivity index is 0. The third-order valence-corrected chi connectivity index (χ3v) is 0.300. The summed E-state index contributed by atoms with van der Waals surface area (Å²) in [6.07, 6.45) is 0. The summed E-state index contributed by atoms with van der Waals surface area (Å²) >= 11 is 0. The van der Waals surface area contributed by atoms with Gasteiger partial charge in [0.15, 0.2) is 0 Å². The first-order valence-corrected chi connectivity index (χ1v) is 2.37. The summed E-state index contributed by atoms with van der Waals surface area (Å²) in [4.78, 5) is 18.0. The van der Waals surface area contributed by atoms with Crippen molar-refractivity contribution in [1.29, 1.82) is 0 Å². The fraction of sp³-hybridized carbons (Fsp3) is 0. The fourth-order valence-electron chi connectivity index (χ4n) is 0. The van der Waals surface area contributed by atoms with Crippen LogP contribution in [0.15, 0.2) is 0 Å². The van der Waals surface area contributed by atoms with E-state index in [9.17, 15) is 0 Å². The van der Waals surface area contributed by atoms with Crippen molar-refractivity contribution in [2.24, 2.45) is 0 Å². The van der Waals surface area contributed by atoms with E-state index in [0.29, 0.717) is 0 Å². The first-order chi connectivity index (χ1) is 2.56. The molecule has 0 amide bonds. The predicted octanol–water partition coefficient (Wildman–Crippen LogP) is -1.70. The zero-order chi connectivity index (χ0) is 5.21. The monoisotopic (exact) mass is 168 g/mol. The van der Waals surface area contributed by atoms with Crippen molar-refractivity contribution in [1.82, 2.24) is 0 Å². The first-order valence-electron chi connectivity index (χ1n) is 0.913. The standard InChI is InChI=1S/Fe.H3O5P/c;1-5-6(2,3)4/h;1H,(H2,2,3,4)/q+2;/p-2. The molecule has 0 rings (SSSR count). The maximum Gasteiger partial charge on any atom is 2.00 e. The summed E-state index contributed by atoms with van der Waals surface area (Å²) in [5.41, 5.74) is 0. The van der Waals surface area contributed by atoms with Crippen molar-refractivity contribution in [3.8, 4) is 0 Å². The summed E-state index contributed by atoms with van der Waals surface area (Å²) in [6.45, 7) is 0. The average molecular weight is 168 g/mol. The molecule has 0 radical (unpaired) electrons. The molecule has 0 heterocycles. The molecule has 0 aliphatic rings. The summed E-state index contributed by atoms with van der Waals surface area (Å²) in [5.74, 6) is 0. The zero-order valence-electron chi connectivity index (χ0n) is 2.88. The molecule has 0 fully saturated rings. The Morgan fingerprint density at radius 3 is 1.71 bits per heavy atom. The van der Waals surface area contributed by atoms with Crippen LogP contribution in [0.4, 0.5) is 0 Å². The molecule has 0 unspecified atom stereocenters. The van der Waals surface area contributed by atoms with Gasteiger partial charge < -0.3 is 14.4 Å². The fourth-order valence-corrected chi connectivity index (χ4v) is 0. The van der Waals surface area contributed by atoms with E-state index in [1.54, 1.807) is 0 Å². The van der Waals surface area contributed by atoms with Crippen molar-refractivity contribution in [2.45, 2.75) is 0 Å². The van der Waals surface area contributed by atoms with Gasteiger partial charge >= 0.3 is 17.1 Å². The van der Waals surface area contributed by atoms with Gasteiger partial charge in [-0.3, -0.25) is 0 Å². The van der Waals surface area contributed by atoms with Gasteiger partial charge in [0, 0.05) is 0 Å². The van der Waals surface area contributed by atoms with Crippen LogP contribution in [0.2, 0.25) is 0 Å². The van der Waals surface area contributed by atoms with Crippen LogP contribution in [0.5, 0.6) is 0 Å². The predicted molar refractivity (Wildman–Crippen MR) is 11.3 cm³/mol. The molecule has 0 saturated heterocycles. The van der Waals surface area contributed by atoms with E-state index in [4.69, 9.17) is 19.6 Å². The summed E-state index contributed by atoms with van der Waals surface area (Å²) in [5, 5.41) is 7.01. The van der Waals surface area contributed by atoms with Crippen molar-refractivity contribution >= 4 is 7.82 Å². The Bertz CT molecular complexity index is 72.1. The van der Waals surface area contributed by atoms with Gasteiger partial charge in [0.1, 0.15) is 0 Å². The minimum atomic E-state index is -5.09. The van der Waals surface area contributed by atoms with Gasteiger partial charge in [-0.25, -0.2) is 9.93 Å². The van der Waals surface area contributed by atoms with Crippen LogP contribution >= 0.6 is 7.82 Å². The Morgan fingerprint density at radius 2 is 1.71 bits per heavy atom. The maximum absolute atomic E-state index is 9.00. The third kappa shape index (κ3) is 10.8. The van der Waals surface area contributed by atoms with Crippen molar-refractivity contribution in [3.05, 3.63) is 0 Å². The van der Waals surface area contributed by atoms with Crippen LogP contribution in [0.3, 0.4) is 0 Å². The molecule has 44 valence electrons. The number of hydrogen-bond donors (Lipinski definition) is 1. The topological polar surface area (TPSA) is 92.7 Å². The Labute approximate surface area is 49.9 Å². The normalized spacial score (nSPS) is 10.1. The van der Waals surface area contributed by atoms with E-state index in [-0.39, 0.29) is 17.1 Å². The van der Waals surface area contributed by atoms with Crippen LogP contribution < -0.4 is 9.79 Å². The van der Waals surface area contributed by atoms with E-state index in [1.165, 1.54) is 0 Å². The van der Waals surface area contributed by atoms with Crippen LogP contribution in [0.1, 0.15) is 0 Å². The molecule has 0 bridgehead atoms. The molecule has 0 atom stereocenters. The van der Waals surface area contributed by atoms with Gasteiger partial charge in [-0.1, -0.05) is 0 Å². The molecule has 0 aromatic rings. The second-order valence-corrected chi connectivity index (χ2v) is 1.59. The minimum Gasteiger partial charge on any atom is -0.788 e. The molecular weight excluding hydrogens is 167 g/mol. The molecule has 5 nitrogen and oxygen atoms in total. The molecule has 7 heteroatoms. The maximum atomic E-state index is 9.00. The van der Waals surface area contributed by atoms with Gasteiger partial charge in [0.05, 0.1) is 7.82 Å². The van der Waals surface area contributed by atoms with Crippen LogP contribution in [0.25, 0.3) is 0 Å². The van der Waals surface area contributed by atoms with E-state index < -0.39 is 7.82 Å². The van der Waals surface area contributed by atoms with E-state index in [1.807, 2.05) is 0 Å². The summed E-state index contributed by atoms with van der Waals surface area (Å²) < 4.78 is 11.4. The average Bonchev–Trinajstić information content (AvgIpc) is 1.35. The van der Waals surface area contributed by atoms with E-state index >= 15 is 0 Å². The second kappa shape index (κ2) is 3.57. The van der Waals surface area contributed by atoms with Crippen molar-refractivity contribution < 1.29 is 41.4 Å². The minimum absolute atomic E-state index is 0. The van der Waals surface area contributed by atoms with Crippen molar-refractivity contribution in [3.63, 3.8) is 0 Å². The molecule has 1 N–H and O–H groups in total. The van der Waals surface area contributed by atoms with Crippen LogP contribution in [-0.4, -0.2) is 5.26 Å². The molecule has 0 aliphatic heterocycles. The molecular formula is HFeO5P. The third-order valence-electron chi connectivity index (χ3n) is 0.100. The quantitative estimate of drug-likeness (QED) is 0.218. The van der Waals surface area contributed by atoms with E-state index in [2.05, 4.69) is 4.67 Å². The Morgan fingerprint density at radius 1 is 1.57 bits per heavy atom. The molecule has 0 saturated carbocycles. The number of hydrogen-bond acceptors (Lipinski definition) is 5. The molecule has 0 aromatic carbocycles. The smallest absolute Gasteiger partial charge is 0.788 e. The van der Waals surface area contributed by atoms with E-state index in [0.717, 1.165) is 0 Å². The molecule has 0 aromatic heterocycles. The number of rotatable bonds is 1. The Kier molecular flexibility index (Phi) is 5.39. The van der Waals surface area contributed by atoms with Gasteiger partial charge in [0.2, 0.25) is 0 Å². The summed E-state index contributed by atoms with van der Waals surface area (Å²) in [7, 11) is -5.09. The second-order valence-electron chi connectivity index (χ2n) is 0.529. The first kappa shape index (κ1) is 10.5. The number of phosphoric acid groups is 1. The van der Waals surface area contributed by atoms with Gasteiger partial charge in [-0.05, 0) is 0 Å². The largest absolute Gasteiger partial charge is 2.00 e. The zero-order valence-corrected chi connectivity index (χ0v) is 4.88. The molecule has 0 spiro atoms. The van der Waals surface area contributed by atoms with Crippen LogP contribution in [0, 0.1) is 0 Å². The van der Waals surface area contributed by atoms with Gasteiger partial charge in [-0.2, -0.15) is 0 Å². The van der Waals surface area contributed by atoms with Gasteiger partial charge in [0.25, 0.3) is 0 Å². The summed E-state index contributed by atoms with van der Waals surface area (Å²) in [6, 6.07) is 0. The van der Waals surface area contributed by atoms with Gasteiger partial charge in [-0.15, -0.1) is 0 Å². The SMILES string of the molecule is O=P([O-])([O-])OO.[Fe+2].